The Morgan fingerprint density at radius 1 is 1.12 bits per heavy atom. The zero-order chi connectivity index (χ0) is 23.8. The fourth-order valence-electron chi connectivity index (χ4n) is 4.91. The van der Waals surface area contributed by atoms with Gasteiger partial charge in [0.1, 0.15) is 11.5 Å². The number of furan rings is 1. The average Bonchev–Trinajstić information content (AvgIpc) is 3.38. The van der Waals surface area contributed by atoms with Gasteiger partial charge in [-0.05, 0) is 69.8 Å². The molecule has 3 aliphatic rings. The molecule has 1 unspecified atom stereocenters. The first-order valence-corrected chi connectivity index (χ1v) is 12.1. The molecule has 1 N–H and O–H groups in total. The third kappa shape index (κ3) is 4.36. The number of likely N-dealkylation sites (N-methyl/N-ethyl adjacent to an activating group) is 1. The molecule has 1 aliphatic carbocycles. The van der Waals surface area contributed by atoms with Crippen LogP contribution in [0.4, 0.5) is 0 Å². The summed E-state index contributed by atoms with van der Waals surface area (Å²) in [4.78, 5) is 30.0. The molecule has 34 heavy (non-hydrogen) atoms. The second kappa shape index (κ2) is 9.28. The van der Waals surface area contributed by atoms with Crippen LogP contribution in [0.5, 0.6) is 0 Å². The minimum absolute atomic E-state index is 0.0476. The molecule has 176 valence electrons. The van der Waals surface area contributed by atoms with Gasteiger partial charge in [0.25, 0.3) is 11.8 Å². The molecule has 0 radical (unpaired) electrons. The van der Waals surface area contributed by atoms with Gasteiger partial charge in [-0.15, -0.1) is 0 Å². The Morgan fingerprint density at radius 3 is 2.82 bits per heavy atom. The molecule has 5 rings (SSSR count). The molecule has 1 aromatic heterocycles. The summed E-state index contributed by atoms with van der Waals surface area (Å²) in [5, 5.41) is 3.68. The number of fused-ring (bicyclic) bond motifs is 1. The molecular weight excluding hydrogens is 450 g/mol. The fourth-order valence-corrected chi connectivity index (χ4v) is 5.13. The molecule has 6 nitrogen and oxygen atoms in total. The number of nitrogens with zero attached hydrogens (tertiary/aromatic N) is 2. The van der Waals surface area contributed by atoms with Crippen LogP contribution in [0.15, 0.2) is 69.3 Å². The molecule has 0 saturated carbocycles. The summed E-state index contributed by atoms with van der Waals surface area (Å²) < 4.78 is 6.18. The van der Waals surface area contributed by atoms with Gasteiger partial charge in [0.15, 0.2) is 0 Å². The Bertz CT molecular complexity index is 1240. The van der Waals surface area contributed by atoms with Gasteiger partial charge in [-0.25, -0.2) is 0 Å². The third-order valence-electron chi connectivity index (χ3n) is 6.85. The zero-order valence-corrected chi connectivity index (χ0v) is 20.2. The van der Waals surface area contributed by atoms with E-state index in [0.29, 0.717) is 29.1 Å². The largest absolute Gasteiger partial charge is 0.456 e. The van der Waals surface area contributed by atoms with Gasteiger partial charge >= 0.3 is 0 Å². The van der Waals surface area contributed by atoms with Crippen LogP contribution in [-0.4, -0.2) is 54.8 Å². The lowest BCUT2D eigenvalue weighted by molar-refractivity contribution is -0.115. The maximum absolute atomic E-state index is 13.1. The van der Waals surface area contributed by atoms with E-state index in [0.717, 1.165) is 54.5 Å². The van der Waals surface area contributed by atoms with Gasteiger partial charge in [-0.2, -0.15) is 0 Å². The van der Waals surface area contributed by atoms with Crippen LogP contribution in [0.1, 0.15) is 35.9 Å². The van der Waals surface area contributed by atoms with Crippen LogP contribution < -0.4 is 5.32 Å². The first-order valence-electron chi connectivity index (χ1n) is 11.7. The summed E-state index contributed by atoms with van der Waals surface area (Å²) in [6.07, 6.45) is 5.27. The summed E-state index contributed by atoms with van der Waals surface area (Å²) >= 11 is 6.24. The van der Waals surface area contributed by atoms with Crippen molar-refractivity contribution in [2.75, 3.05) is 33.2 Å². The average molecular weight is 478 g/mol. The highest BCUT2D eigenvalue weighted by Crippen LogP contribution is 2.40. The van der Waals surface area contributed by atoms with E-state index in [4.69, 9.17) is 16.0 Å². The van der Waals surface area contributed by atoms with Gasteiger partial charge in [0.05, 0.1) is 0 Å². The summed E-state index contributed by atoms with van der Waals surface area (Å²) in [5.74, 6) is 1.16. The van der Waals surface area contributed by atoms with E-state index in [9.17, 15) is 9.59 Å². The van der Waals surface area contributed by atoms with Crippen LogP contribution in [0.25, 0.3) is 16.9 Å². The van der Waals surface area contributed by atoms with Crippen molar-refractivity contribution in [1.82, 2.24) is 15.1 Å². The predicted octanol–water partition coefficient (Wildman–Crippen LogP) is 4.65. The van der Waals surface area contributed by atoms with Crippen molar-refractivity contribution in [3.8, 4) is 11.3 Å². The number of allylic oxidation sites excluding steroid dienone is 5. The van der Waals surface area contributed by atoms with Crippen LogP contribution in [0.2, 0.25) is 0 Å². The van der Waals surface area contributed by atoms with Gasteiger partial charge in [0.2, 0.25) is 0 Å². The molecule has 2 aromatic rings. The summed E-state index contributed by atoms with van der Waals surface area (Å²) in [6.45, 7) is 5.29. The highest BCUT2D eigenvalue weighted by molar-refractivity contribution is 6.30. The molecule has 0 bridgehead atoms. The molecule has 2 amide bonds. The maximum Gasteiger partial charge on any atom is 0.253 e. The molecule has 1 aromatic carbocycles. The molecule has 7 heteroatoms. The van der Waals surface area contributed by atoms with Crippen molar-refractivity contribution >= 4 is 29.0 Å². The van der Waals surface area contributed by atoms with E-state index < -0.39 is 0 Å². The van der Waals surface area contributed by atoms with Crippen molar-refractivity contribution in [3.63, 3.8) is 0 Å². The Morgan fingerprint density at radius 2 is 1.97 bits per heavy atom. The number of rotatable bonds is 3. The van der Waals surface area contributed by atoms with E-state index in [-0.39, 0.29) is 17.7 Å². The topological polar surface area (TPSA) is 65.8 Å². The molecule has 2 aliphatic heterocycles. The highest BCUT2D eigenvalue weighted by Gasteiger charge is 2.36. The van der Waals surface area contributed by atoms with E-state index in [1.54, 1.807) is 0 Å². The third-order valence-corrected chi connectivity index (χ3v) is 7.13. The van der Waals surface area contributed by atoms with Crippen LogP contribution in [0.3, 0.4) is 0 Å². The fraction of sp³-hybridized carbons (Fsp3) is 0.333. The molecule has 2 saturated heterocycles. The summed E-state index contributed by atoms with van der Waals surface area (Å²) in [5.41, 5.74) is 3.85. The van der Waals surface area contributed by atoms with Gasteiger partial charge in [-0.1, -0.05) is 23.7 Å². The number of nitrogens with one attached hydrogen (secondary N) is 1. The Labute approximate surface area is 204 Å². The second-order valence-electron chi connectivity index (χ2n) is 9.18. The molecular formula is C27H28ClN3O3. The number of benzene rings is 1. The SMILES string of the molecule is C/C(=C1\C(=O)NC2=CC=C(Cl)CC21)c1ccc(-c2cccc(C(=O)N3CCCN(C)CC3)c2)o1. The van der Waals surface area contributed by atoms with Crippen molar-refractivity contribution in [2.45, 2.75) is 19.8 Å². The molecule has 2 fully saturated rings. The quantitative estimate of drug-likeness (QED) is 0.653. The number of hydrogen-bond donors (Lipinski definition) is 1. The number of hydrogen-bond acceptors (Lipinski definition) is 4. The monoisotopic (exact) mass is 477 g/mol. The van der Waals surface area contributed by atoms with Crippen molar-refractivity contribution in [2.24, 2.45) is 5.92 Å². The zero-order valence-electron chi connectivity index (χ0n) is 19.4. The lowest BCUT2D eigenvalue weighted by Gasteiger charge is -2.20. The molecule has 3 heterocycles. The predicted molar refractivity (Wildman–Crippen MR) is 133 cm³/mol. The number of carbonyl (C=O) groups excluding carboxylic acids is 2. The number of halogens is 1. The highest BCUT2D eigenvalue weighted by atomic mass is 35.5. The van der Waals surface area contributed by atoms with Crippen molar-refractivity contribution in [1.29, 1.82) is 0 Å². The van der Waals surface area contributed by atoms with Gasteiger partial charge in [-0.3, -0.25) is 9.59 Å². The normalized spacial score (nSPS) is 22.5. The Hall–Kier alpha value is -3.09. The minimum Gasteiger partial charge on any atom is -0.456 e. The first-order chi connectivity index (χ1) is 16.4. The minimum atomic E-state index is -0.109. The lowest BCUT2D eigenvalue weighted by atomic mass is 9.89. The van der Waals surface area contributed by atoms with Crippen LogP contribution >= 0.6 is 11.6 Å². The molecule has 0 spiro atoms. The van der Waals surface area contributed by atoms with Crippen LogP contribution in [-0.2, 0) is 4.79 Å². The van der Waals surface area contributed by atoms with E-state index in [2.05, 4.69) is 17.3 Å². The Balaban J connectivity index is 1.40. The van der Waals surface area contributed by atoms with Gasteiger partial charge in [0, 0.05) is 58.6 Å². The maximum atomic E-state index is 13.1. The smallest absolute Gasteiger partial charge is 0.253 e. The summed E-state index contributed by atoms with van der Waals surface area (Å²) in [7, 11) is 2.09. The van der Waals surface area contributed by atoms with E-state index in [1.165, 1.54) is 0 Å². The first kappa shape index (κ1) is 22.7. The van der Waals surface area contributed by atoms with Crippen molar-refractivity contribution in [3.05, 3.63) is 76.2 Å². The number of amides is 2. The summed E-state index contributed by atoms with van der Waals surface area (Å²) in [6, 6.07) is 11.3. The van der Waals surface area contributed by atoms with Crippen molar-refractivity contribution < 1.29 is 14.0 Å². The van der Waals surface area contributed by atoms with E-state index >= 15 is 0 Å². The van der Waals surface area contributed by atoms with Crippen LogP contribution in [0, 0.1) is 5.92 Å². The standard InChI is InChI=1S/C27H28ClN3O3/c1-17(25-21-16-20(28)7-8-22(21)29-26(25)32)23-9-10-24(34-23)18-5-3-6-19(15-18)27(33)31-12-4-11-30(2)13-14-31/h3,5-10,15,21H,4,11-14,16H2,1-2H3,(H,29,32)/b25-17+. The number of carbonyl (C=O) groups is 2. The molecule has 1 atom stereocenters. The van der Waals surface area contributed by atoms with Gasteiger partial charge < -0.3 is 19.5 Å². The second-order valence-corrected chi connectivity index (χ2v) is 9.66. The lowest BCUT2D eigenvalue weighted by Crippen LogP contribution is -2.34. The van der Waals surface area contributed by atoms with E-state index in [1.807, 2.05) is 60.4 Å². The Kier molecular flexibility index (Phi) is 6.19.